The average Bonchev–Trinajstić information content (AvgIpc) is 3.01. The van der Waals surface area contributed by atoms with E-state index in [4.69, 9.17) is 11.5 Å². The molecule has 0 fully saturated rings. The third-order valence-electron chi connectivity index (χ3n) is 3.99. The zero-order valence-electron chi connectivity index (χ0n) is 14.8. The SMILES string of the molecule is N#Cc1c(CCCNC(=O)c2nccnc2N)nn(-c2ccc(F)cc2)c1N. The van der Waals surface area contributed by atoms with Gasteiger partial charge >= 0.3 is 0 Å². The van der Waals surface area contributed by atoms with Gasteiger partial charge in [0.25, 0.3) is 5.91 Å². The van der Waals surface area contributed by atoms with E-state index in [9.17, 15) is 14.4 Å². The lowest BCUT2D eigenvalue weighted by Crippen LogP contribution is -2.27. The molecule has 0 bridgehead atoms. The Balaban J connectivity index is 1.65. The summed E-state index contributed by atoms with van der Waals surface area (Å²) in [6, 6.07) is 7.66. The summed E-state index contributed by atoms with van der Waals surface area (Å²) in [5.74, 6) is -0.574. The number of nitriles is 1. The molecule has 0 spiro atoms. The summed E-state index contributed by atoms with van der Waals surface area (Å²) in [6.07, 6.45) is 3.71. The van der Waals surface area contributed by atoms with E-state index in [0.717, 1.165) is 0 Å². The van der Waals surface area contributed by atoms with E-state index >= 15 is 0 Å². The second-order valence-electron chi connectivity index (χ2n) is 5.86. The Morgan fingerprint density at radius 3 is 2.61 bits per heavy atom. The minimum absolute atomic E-state index is 0.0533. The molecule has 0 saturated heterocycles. The molecule has 0 aliphatic heterocycles. The number of halogens is 1. The van der Waals surface area contributed by atoms with Crippen LogP contribution in [-0.2, 0) is 6.42 Å². The van der Waals surface area contributed by atoms with E-state index < -0.39 is 5.91 Å². The van der Waals surface area contributed by atoms with Gasteiger partial charge in [-0.3, -0.25) is 4.79 Å². The highest BCUT2D eigenvalue weighted by Gasteiger charge is 2.17. The Bertz CT molecular complexity index is 1040. The molecule has 0 saturated carbocycles. The quantitative estimate of drug-likeness (QED) is 0.544. The molecule has 1 amide bonds. The molecule has 0 aliphatic carbocycles. The zero-order valence-corrected chi connectivity index (χ0v) is 14.8. The summed E-state index contributed by atoms with van der Waals surface area (Å²) in [6.45, 7) is 0.322. The van der Waals surface area contributed by atoms with Crippen LogP contribution in [-0.4, -0.2) is 32.2 Å². The van der Waals surface area contributed by atoms with Gasteiger partial charge in [0.2, 0.25) is 0 Å². The lowest BCUT2D eigenvalue weighted by Gasteiger charge is -2.05. The largest absolute Gasteiger partial charge is 0.382 e. The number of nitrogens with two attached hydrogens (primary N) is 2. The number of anilines is 2. The van der Waals surface area contributed by atoms with Crippen molar-refractivity contribution in [3.63, 3.8) is 0 Å². The van der Waals surface area contributed by atoms with E-state index in [1.807, 2.05) is 6.07 Å². The Morgan fingerprint density at radius 2 is 1.93 bits per heavy atom. The minimum atomic E-state index is -0.428. The fourth-order valence-electron chi connectivity index (χ4n) is 2.62. The van der Waals surface area contributed by atoms with Crippen LogP contribution in [0.1, 0.15) is 28.2 Å². The molecular formula is C18H17FN8O. The maximum absolute atomic E-state index is 13.1. The zero-order chi connectivity index (χ0) is 20.1. The van der Waals surface area contributed by atoms with E-state index in [1.165, 1.54) is 41.3 Å². The lowest BCUT2D eigenvalue weighted by molar-refractivity contribution is 0.0949. The summed E-state index contributed by atoms with van der Waals surface area (Å²) < 4.78 is 14.5. The van der Waals surface area contributed by atoms with Gasteiger partial charge in [-0.25, -0.2) is 19.0 Å². The molecule has 0 radical (unpaired) electrons. The molecule has 2 heterocycles. The Kier molecular flexibility index (Phi) is 5.45. The molecule has 0 unspecified atom stereocenters. The number of carbonyl (C=O) groups excluding carboxylic acids is 1. The third-order valence-corrected chi connectivity index (χ3v) is 3.99. The van der Waals surface area contributed by atoms with Gasteiger partial charge in [-0.15, -0.1) is 0 Å². The molecule has 0 aliphatic rings. The molecule has 0 atom stereocenters. The van der Waals surface area contributed by atoms with E-state index in [-0.39, 0.29) is 28.7 Å². The number of nitrogen functional groups attached to an aromatic ring is 2. The van der Waals surface area contributed by atoms with Crippen molar-refractivity contribution in [3.05, 3.63) is 59.4 Å². The summed E-state index contributed by atoms with van der Waals surface area (Å²) >= 11 is 0. The summed E-state index contributed by atoms with van der Waals surface area (Å²) in [4.78, 5) is 19.8. The first-order valence-electron chi connectivity index (χ1n) is 8.39. The number of benzene rings is 1. The molecule has 3 rings (SSSR count). The van der Waals surface area contributed by atoms with Gasteiger partial charge in [0, 0.05) is 18.9 Å². The second-order valence-corrected chi connectivity index (χ2v) is 5.86. The Labute approximate surface area is 159 Å². The Morgan fingerprint density at radius 1 is 1.21 bits per heavy atom. The van der Waals surface area contributed by atoms with E-state index in [2.05, 4.69) is 20.4 Å². The van der Waals surface area contributed by atoms with Crippen molar-refractivity contribution >= 4 is 17.5 Å². The molecule has 142 valence electrons. The van der Waals surface area contributed by atoms with Crippen molar-refractivity contribution in [1.82, 2.24) is 25.1 Å². The van der Waals surface area contributed by atoms with Crippen molar-refractivity contribution in [3.8, 4) is 11.8 Å². The monoisotopic (exact) mass is 380 g/mol. The predicted octanol–water partition coefficient (Wildman–Crippen LogP) is 1.20. The van der Waals surface area contributed by atoms with Crippen molar-refractivity contribution in [2.45, 2.75) is 12.8 Å². The standard InChI is InChI=1S/C18H17FN8O/c19-11-3-5-12(6-4-11)27-17(22)13(10-20)14(26-27)2-1-7-25-18(28)15-16(21)24-9-8-23-15/h3-6,8-9H,1-2,7,22H2,(H2,21,24)(H,25,28). The fourth-order valence-corrected chi connectivity index (χ4v) is 2.62. The van der Waals surface area contributed by atoms with Crippen molar-refractivity contribution < 1.29 is 9.18 Å². The first kappa shape index (κ1) is 18.8. The second kappa shape index (κ2) is 8.13. The maximum atomic E-state index is 13.1. The van der Waals surface area contributed by atoms with Crippen LogP contribution in [0.4, 0.5) is 16.0 Å². The third kappa shape index (κ3) is 3.88. The Hall–Kier alpha value is -4.00. The van der Waals surface area contributed by atoms with Gasteiger partial charge < -0.3 is 16.8 Å². The van der Waals surface area contributed by atoms with Crippen LogP contribution < -0.4 is 16.8 Å². The van der Waals surface area contributed by atoms with Crippen LogP contribution in [0.2, 0.25) is 0 Å². The first-order valence-corrected chi connectivity index (χ1v) is 8.39. The van der Waals surface area contributed by atoms with Gasteiger partial charge in [0.1, 0.15) is 23.3 Å². The van der Waals surface area contributed by atoms with Crippen molar-refractivity contribution in [2.24, 2.45) is 0 Å². The number of hydrogen-bond donors (Lipinski definition) is 3. The number of rotatable bonds is 6. The number of hydrogen-bond acceptors (Lipinski definition) is 7. The van der Waals surface area contributed by atoms with Crippen LogP contribution in [0.3, 0.4) is 0 Å². The van der Waals surface area contributed by atoms with Crippen molar-refractivity contribution in [2.75, 3.05) is 18.0 Å². The van der Waals surface area contributed by atoms with Crippen LogP contribution in [0, 0.1) is 17.1 Å². The molecule has 2 aromatic heterocycles. The van der Waals surface area contributed by atoms with Crippen LogP contribution in [0.25, 0.3) is 5.69 Å². The van der Waals surface area contributed by atoms with Gasteiger partial charge in [-0.2, -0.15) is 10.4 Å². The molecular weight excluding hydrogens is 363 g/mol. The molecule has 28 heavy (non-hydrogen) atoms. The first-order chi connectivity index (χ1) is 13.5. The van der Waals surface area contributed by atoms with Crippen molar-refractivity contribution in [1.29, 1.82) is 5.26 Å². The number of aryl methyl sites for hydroxylation is 1. The van der Waals surface area contributed by atoms with Crippen LogP contribution >= 0.6 is 0 Å². The number of carbonyl (C=O) groups is 1. The molecule has 1 aromatic carbocycles. The fraction of sp³-hybridized carbons (Fsp3) is 0.167. The summed E-state index contributed by atoms with van der Waals surface area (Å²) in [7, 11) is 0. The van der Waals surface area contributed by atoms with Gasteiger partial charge in [-0.05, 0) is 37.1 Å². The van der Waals surface area contributed by atoms with E-state index in [0.29, 0.717) is 30.8 Å². The highest BCUT2D eigenvalue weighted by atomic mass is 19.1. The normalized spacial score (nSPS) is 10.4. The van der Waals surface area contributed by atoms with Gasteiger partial charge in [-0.1, -0.05) is 0 Å². The van der Waals surface area contributed by atoms with Gasteiger partial charge in [0.05, 0.1) is 11.4 Å². The lowest BCUT2D eigenvalue weighted by atomic mass is 10.1. The highest BCUT2D eigenvalue weighted by Crippen LogP contribution is 2.21. The average molecular weight is 380 g/mol. The highest BCUT2D eigenvalue weighted by molar-refractivity contribution is 5.96. The summed E-state index contributed by atoms with van der Waals surface area (Å²) in [5.41, 5.74) is 13.0. The number of nitrogens with zero attached hydrogens (tertiary/aromatic N) is 5. The minimum Gasteiger partial charge on any atom is -0.382 e. The summed E-state index contributed by atoms with van der Waals surface area (Å²) in [5, 5.41) is 16.4. The smallest absolute Gasteiger partial charge is 0.273 e. The van der Waals surface area contributed by atoms with Gasteiger partial charge in [0.15, 0.2) is 11.5 Å². The van der Waals surface area contributed by atoms with Crippen LogP contribution in [0.5, 0.6) is 0 Å². The van der Waals surface area contributed by atoms with E-state index in [1.54, 1.807) is 0 Å². The molecule has 10 heteroatoms. The van der Waals surface area contributed by atoms with Crippen LogP contribution in [0.15, 0.2) is 36.7 Å². The molecule has 5 N–H and O–H groups in total. The number of aromatic nitrogens is 4. The molecule has 3 aromatic rings. The predicted molar refractivity (Wildman–Crippen MR) is 99.7 cm³/mol. The molecule has 9 nitrogen and oxygen atoms in total. The number of nitrogens with one attached hydrogen (secondary N) is 1. The topological polar surface area (TPSA) is 149 Å². The number of amides is 1. The maximum Gasteiger partial charge on any atom is 0.273 e.